The van der Waals surface area contributed by atoms with Crippen LogP contribution >= 0.6 is 27.7 Å². The van der Waals surface area contributed by atoms with E-state index in [-0.39, 0.29) is 5.54 Å². The van der Waals surface area contributed by atoms with Crippen LogP contribution in [0.3, 0.4) is 0 Å². The number of benzene rings is 1. The quantitative estimate of drug-likeness (QED) is 0.873. The number of amidine groups is 1. The van der Waals surface area contributed by atoms with E-state index in [4.69, 9.17) is 4.99 Å². The van der Waals surface area contributed by atoms with Gasteiger partial charge in [0.05, 0.1) is 5.54 Å². The Balaban J connectivity index is 2.12. The molecular formula is C13H17BrN2S. The minimum Gasteiger partial charge on any atom is -0.335 e. The first kappa shape index (κ1) is 13.0. The number of nitrogens with zero attached hydrogens (tertiary/aromatic N) is 1. The van der Waals surface area contributed by atoms with Gasteiger partial charge in [0, 0.05) is 15.9 Å². The minimum atomic E-state index is 0.106. The van der Waals surface area contributed by atoms with Crippen molar-refractivity contribution in [2.24, 2.45) is 4.99 Å². The van der Waals surface area contributed by atoms with Gasteiger partial charge in [-0.05, 0) is 38.0 Å². The summed E-state index contributed by atoms with van der Waals surface area (Å²) in [6, 6.07) is 6.29. The van der Waals surface area contributed by atoms with Crippen LogP contribution in [0.2, 0.25) is 0 Å². The fraction of sp³-hybridized carbons (Fsp3) is 0.462. The molecule has 0 bridgehead atoms. The van der Waals surface area contributed by atoms with E-state index in [0.29, 0.717) is 0 Å². The first-order valence-corrected chi connectivity index (χ1v) is 7.56. The number of rotatable bonds is 2. The maximum absolute atomic E-state index is 4.74. The Bertz CT molecular complexity index is 459. The van der Waals surface area contributed by atoms with Gasteiger partial charge >= 0.3 is 0 Å². The number of anilines is 1. The molecular weight excluding hydrogens is 296 g/mol. The zero-order valence-electron chi connectivity index (χ0n) is 10.4. The molecule has 0 saturated carbocycles. The van der Waals surface area contributed by atoms with Crippen molar-refractivity contribution >= 4 is 38.5 Å². The maximum atomic E-state index is 4.74. The summed E-state index contributed by atoms with van der Waals surface area (Å²) in [5.74, 6) is 1.07. The number of hydrogen-bond acceptors (Lipinski definition) is 3. The van der Waals surface area contributed by atoms with Crippen LogP contribution in [0.5, 0.6) is 0 Å². The highest BCUT2D eigenvalue weighted by Gasteiger charge is 2.28. The van der Waals surface area contributed by atoms with Crippen molar-refractivity contribution in [2.75, 3.05) is 11.1 Å². The summed E-state index contributed by atoms with van der Waals surface area (Å²) in [5.41, 5.74) is 2.44. The Labute approximate surface area is 115 Å². The van der Waals surface area contributed by atoms with Gasteiger partial charge in [-0.2, -0.15) is 0 Å². The van der Waals surface area contributed by atoms with Crippen molar-refractivity contribution in [1.82, 2.24) is 0 Å². The van der Waals surface area contributed by atoms with Crippen LogP contribution in [0.1, 0.15) is 25.8 Å². The van der Waals surface area contributed by atoms with Crippen LogP contribution in [0.25, 0.3) is 0 Å². The van der Waals surface area contributed by atoms with Crippen LogP contribution in [-0.2, 0) is 0 Å². The molecule has 1 heterocycles. The summed E-state index contributed by atoms with van der Waals surface area (Å²) >= 11 is 5.35. The van der Waals surface area contributed by atoms with Crippen LogP contribution in [0.4, 0.5) is 5.69 Å². The summed E-state index contributed by atoms with van der Waals surface area (Å²) in [5, 5.41) is 4.41. The zero-order chi connectivity index (χ0) is 12.5. The predicted molar refractivity (Wildman–Crippen MR) is 81.1 cm³/mol. The van der Waals surface area contributed by atoms with Crippen molar-refractivity contribution in [3.05, 3.63) is 28.2 Å². The molecule has 1 aliphatic heterocycles. The normalized spacial score (nSPS) is 23.6. The average Bonchev–Trinajstić information content (AvgIpc) is 2.67. The molecule has 1 aromatic rings. The highest BCUT2D eigenvalue weighted by Crippen LogP contribution is 2.31. The van der Waals surface area contributed by atoms with Gasteiger partial charge in [0.2, 0.25) is 0 Å². The van der Waals surface area contributed by atoms with Gasteiger partial charge in [-0.3, -0.25) is 4.99 Å². The lowest BCUT2D eigenvalue weighted by Crippen LogP contribution is -2.20. The summed E-state index contributed by atoms with van der Waals surface area (Å²) in [7, 11) is 0. The van der Waals surface area contributed by atoms with E-state index >= 15 is 0 Å². The van der Waals surface area contributed by atoms with E-state index in [0.717, 1.165) is 27.5 Å². The second-order valence-electron chi connectivity index (χ2n) is 4.65. The van der Waals surface area contributed by atoms with Crippen LogP contribution in [-0.4, -0.2) is 16.5 Å². The molecule has 4 heteroatoms. The number of thioether (sulfide) groups is 1. The fourth-order valence-electron chi connectivity index (χ4n) is 1.57. The molecule has 1 N–H and O–H groups in total. The molecule has 92 valence electrons. The molecule has 1 aliphatic rings. The van der Waals surface area contributed by atoms with Gasteiger partial charge < -0.3 is 5.32 Å². The van der Waals surface area contributed by atoms with Crippen molar-refractivity contribution in [3.8, 4) is 0 Å². The van der Waals surface area contributed by atoms with Crippen molar-refractivity contribution in [2.45, 2.75) is 32.7 Å². The summed E-state index contributed by atoms with van der Waals surface area (Å²) in [6.07, 6.45) is 1.09. The topological polar surface area (TPSA) is 24.4 Å². The summed E-state index contributed by atoms with van der Waals surface area (Å²) in [6.45, 7) is 6.49. The van der Waals surface area contributed by atoms with Crippen molar-refractivity contribution in [1.29, 1.82) is 0 Å². The Kier molecular flexibility index (Phi) is 3.83. The van der Waals surface area contributed by atoms with E-state index in [1.807, 2.05) is 0 Å². The van der Waals surface area contributed by atoms with Crippen LogP contribution in [0, 0.1) is 6.92 Å². The lowest BCUT2D eigenvalue weighted by molar-refractivity contribution is 0.523. The lowest BCUT2D eigenvalue weighted by atomic mass is 10.0. The standard InChI is InChI=1S/C13H17BrN2S/c1-4-13(3)8-17-12(16-13)15-10-6-5-9(2)11(14)7-10/h5-7H,4,8H2,1-3H3,(H,15,16). The summed E-state index contributed by atoms with van der Waals surface area (Å²) in [4.78, 5) is 4.74. The molecule has 2 rings (SSSR count). The molecule has 0 fully saturated rings. The Morgan fingerprint density at radius 2 is 2.29 bits per heavy atom. The molecule has 0 aromatic heterocycles. The molecule has 17 heavy (non-hydrogen) atoms. The molecule has 0 aliphatic carbocycles. The monoisotopic (exact) mass is 312 g/mol. The van der Waals surface area contributed by atoms with Gasteiger partial charge in [0.25, 0.3) is 0 Å². The Hall–Kier alpha value is -0.480. The molecule has 0 amide bonds. The van der Waals surface area contributed by atoms with Crippen LogP contribution < -0.4 is 5.32 Å². The number of hydrogen-bond donors (Lipinski definition) is 1. The lowest BCUT2D eigenvalue weighted by Gasteiger charge is -2.15. The largest absolute Gasteiger partial charge is 0.335 e. The first-order chi connectivity index (χ1) is 8.02. The predicted octanol–water partition coefficient (Wildman–Crippen LogP) is 4.44. The third-order valence-electron chi connectivity index (χ3n) is 3.08. The maximum Gasteiger partial charge on any atom is 0.161 e. The van der Waals surface area contributed by atoms with E-state index < -0.39 is 0 Å². The fourth-order valence-corrected chi connectivity index (χ4v) is 3.14. The SMILES string of the molecule is CCC1(C)CSC(Nc2ccc(C)c(Br)c2)=N1. The molecule has 0 spiro atoms. The van der Waals surface area contributed by atoms with Gasteiger partial charge in [-0.1, -0.05) is 40.7 Å². The second kappa shape index (κ2) is 5.02. The number of aryl methyl sites for hydroxylation is 1. The smallest absolute Gasteiger partial charge is 0.161 e. The van der Waals surface area contributed by atoms with Gasteiger partial charge in [0.1, 0.15) is 0 Å². The molecule has 1 unspecified atom stereocenters. The van der Waals surface area contributed by atoms with E-state index in [2.05, 4.69) is 60.2 Å². The Morgan fingerprint density at radius 3 is 2.88 bits per heavy atom. The highest BCUT2D eigenvalue weighted by atomic mass is 79.9. The number of nitrogens with one attached hydrogen (secondary N) is 1. The Morgan fingerprint density at radius 1 is 1.53 bits per heavy atom. The van der Waals surface area contributed by atoms with Crippen molar-refractivity contribution in [3.63, 3.8) is 0 Å². The van der Waals surface area contributed by atoms with E-state index in [9.17, 15) is 0 Å². The van der Waals surface area contributed by atoms with Crippen molar-refractivity contribution < 1.29 is 0 Å². The van der Waals surface area contributed by atoms with Gasteiger partial charge in [0.15, 0.2) is 5.17 Å². The molecule has 2 nitrogen and oxygen atoms in total. The zero-order valence-corrected chi connectivity index (χ0v) is 12.8. The molecule has 0 saturated heterocycles. The third kappa shape index (κ3) is 3.05. The molecule has 1 atom stereocenters. The van der Waals surface area contributed by atoms with Crippen LogP contribution in [0.15, 0.2) is 27.7 Å². The molecule has 0 radical (unpaired) electrons. The molecule has 1 aromatic carbocycles. The average molecular weight is 313 g/mol. The first-order valence-electron chi connectivity index (χ1n) is 5.78. The van der Waals surface area contributed by atoms with Gasteiger partial charge in [-0.15, -0.1) is 0 Å². The number of aliphatic imine (C=N–C) groups is 1. The third-order valence-corrected chi connectivity index (χ3v) is 5.16. The summed E-state index contributed by atoms with van der Waals surface area (Å²) < 4.78 is 1.13. The van der Waals surface area contributed by atoms with E-state index in [1.54, 1.807) is 11.8 Å². The van der Waals surface area contributed by atoms with Gasteiger partial charge in [-0.25, -0.2) is 0 Å². The van der Waals surface area contributed by atoms with E-state index in [1.165, 1.54) is 5.56 Å². The minimum absolute atomic E-state index is 0.106. The second-order valence-corrected chi connectivity index (χ2v) is 6.46. The highest BCUT2D eigenvalue weighted by molar-refractivity contribution is 9.10. The number of halogens is 1.